The van der Waals surface area contributed by atoms with Gasteiger partial charge in [0.05, 0.1) is 16.5 Å². The smallest absolute Gasteiger partial charge is 0.268 e. The zero-order valence-corrected chi connectivity index (χ0v) is 14.9. The Hall–Kier alpha value is -2.11. The average Bonchev–Trinajstić information content (AvgIpc) is 3.00. The molecule has 126 valence electrons. The fraction of sp³-hybridized carbons (Fsp3) is 0.263. The van der Waals surface area contributed by atoms with Gasteiger partial charge < -0.3 is 4.74 Å². The molecule has 1 unspecified atom stereocenters. The van der Waals surface area contributed by atoms with E-state index in [4.69, 9.17) is 4.74 Å². The summed E-state index contributed by atoms with van der Waals surface area (Å²) in [4.78, 5) is 0.286. The lowest BCUT2D eigenvalue weighted by Gasteiger charge is -2.14. The van der Waals surface area contributed by atoms with Crippen LogP contribution in [-0.4, -0.2) is 19.0 Å². The van der Waals surface area contributed by atoms with Crippen molar-refractivity contribution in [1.82, 2.24) is 3.97 Å². The van der Waals surface area contributed by atoms with Crippen LogP contribution in [-0.2, 0) is 14.8 Å². The third kappa shape index (κ3) is 2.85. The average molecular weight is 343 g/mol. The van der Waals surface area contributed by atoms with E-state index >= 15 is 0 Å². The van der Waals surface area contributed by atoms with Crippen LogP contribution in [0.5, 0.6) is 0 Å². The summed E-state index contributed by atoms with van der Waals surface area (Å²) >= 11 is 0. The van der Waals surface area contributed by atoms with Crippen molar-refractivity contribution >= 4 is 20.9 Å². The van der Waals surface area contributed by atoms with Crippen molar-refractivity contribution < 1.29 is 13.2 Å². The van der Waals surface area contributed by atoms with E-state index in [-0.39, 0.29) is 11.0 Å². The minimum atomic E-state index is -3.62. The molecule has 5 heteroatoms. The minimum absolute atomic E-state index is 0.0865. The molecule has 3 aromatic rings. The van der Waals surface area contributed by atoms with E-state index in [0.29, 0.717) is 12.1 Å². The van der Waals surface area contributed by atoms with Gasteiger partial charge in [-0.3, -0.25) is 0 Å². The second kappa shape index (κ2) is 6.42. The van der Waals surface area contributed by atoms with Gasteiger partial charge in [0.1, 0.15) is 0 Å². The van der Waals surface area contributed by atoms with Crippen molar-refractivity contribution in [1.29, 1.82) is 0 Å². The Labute approximate surface area is 142 Å². The standard InChI is InChI=1S/C19H21NO3S/c1-4-23-15(3)17-6-5-7-19-18(17)12-13-20(19)24(21,22)16-10-8-14(2)9-11-16/h5-13,15H,4H2,1-3H3. The van der Waals surface area contributed by atoms with Crippen molar-refractivity contribution in [3.63, 3.8) is 0 Å². The van der Waals surface area contributed by atoms with Crippen molar-refractivity contribution in [2.24, 2.45) is 0 Å². The fourth-order valence-electron chi connectivity index (χ4n) is 2.89. The highest BCUT2D eigenvalue weighted by molar-refractivity contribution is 7.90. The van der Waals surface area contributed by atoms with Crippen LogP contribution in [0.4, 0.5) is 0 Å². The lowest BCUT2D eigenvalue weighted by molar-refractivity contribution is 0.0774. The predicted molar refractivity (Wildman–Crippen MR) is 95.7 cm³/mol. The van der Waals surface area contributed by atoms with Crippen LogP contribution < -0.4 is 0 Å². The molecule has 0 aliphatic rings. The molecule has 0 saturated carbocycles. The highest BCUT2D eigenvalue weighted by Gasteiger charge is 2.20. The Morgan fingerprint density at radius 1 is 1.08 bits per heavy atom. The molecule has 0 fully saturated rings. The molecule has 0 aliphatic carbocycles. The molecule has 0 saturated heterocycles. The van der Waals surface area contributed by atoms with Crippen LogP contribution in [0.3, 0.4) is 0 Å². The molecule has 24 heavy (non-hydrogen) atoms. The Kier molecular flexibility index (Phi) is 4.47. The van der Waals surface area contributed by atoms with Gasteiger partial charge in [0.25, 0.3) is 10.0 Å². The number of nitrogens with zero attached hydrogens (tertiary/aromatic N) is 1. The number of hydrogen-bond acceptors (Lipinski definition) is 3. The van der Waals surface area contributed by atoms with Gasteiger partial charge >= 0.3 is 0 Å². The van der Waals surface area contributed by atoms with Gasteiger partial charge in [0, 0.05) is 18.2 Å². The fourth-order valence-corrected chi connectivity index (χ4v) is 4.24. The molecule has 0 aliphatic heterocycles. The summed E-state index contributed by atoms with van der Waals surface area (Å²) in [5, 5.41) is 0.897. The summed E-state index contributed by atoms with van der Waals surface area (Å²) in [6.07, 6.45) is 1.53. The maximum Gasteiger partial charge on any atom is 0.268 e. The van der Waals surface area contributed by atoms with Gasteiger partial charge in [-0.25, -0.2) is 12.4 Å². The molecule has 1 aromatic heterocycles. The van der Waals surface area contributed by atoms with E-state index in [1.165, 1.54) is 3.97 Å². The lowest BCUT2D eigenvalue weighted by atomic mass is 10.1. The summed E-state index contributed by atoms with van der Waals surface area (Å²) < 4.78 is 32.9. The second-order valence-electron chi connectivity index (χ2n) is 5.81. The minimum Gasteiger partial charge on any atom is -0.374 e. The van der Waals surface area contributed by atoms with Gasteiger partial charge in [0.15, 0.2) is 0 Å². The van der Waals surface area contributed by atoms with Gasteiger partial charge in [-0.15, -0.1) is 0 Å². The third-order valence-electron chi connectivity index (χ3n) is 4.16. The number of rotatable bonds is 5. The van der Waals surface area contributed by atoms with Crippen molar-refractivity contribution in [2.45, 2.75) is 31.8 Å². The Morgan fingerprint density at radius 3 is 2.46 bits per heavy atom. The monoisotopic (exact) mass is 343 g/mol. The van der Waals surface area contributed by atoms with Crippen LogP contribution in [0, 0.1) is 6.92 Å². The van der Waals surface area contributed by atoms with Gasteiger partial charge in [0.2, 0.25) is 0 Å². The molecule has 0 bridgehead atoms. The molecule has 0 amide bonds. The molecule has 0 spiro atoms. The van der Waals surface area contributed by atoms with Gasteiger partial charge in [-0.1, -0.05) is 29.8 Å². The third-order valence-corrected chi connectivity index (χ3v) is 5.87. The molecule has 2 aromatic carbocycles. The molecule has 1 heterocycles. The summed E-state index contributed by atoms with van der Waals surface area (Å²) in [6.45, 7) is 6.47. The number of hydrogen-bond donors (Lipinski definition) is 0. The van der Waals surface area contributed by atoms with Crippen LogP contribution >= 0.6 is 0 Å². The first-order chi connectivity index (χ1) is 11.4. The molecule has 3 rings (SSSR count). The SMILES string of the molecule is CCOC(C)c1cccc2c1ccn2S(=O)(=O)c1ccc(C)cc1. The normalized spacial score (nSPS) is 13.3. The zero-order valence-electron chi connectivity index (χ0n) is 14.1. The summed E-state index contributed by atoms with van der Waals surface area (Å²) in [7, 11) is -3.62. The van der Waals surface area contributed by atoms with Crippen LogP contribution in [0.15, 0.2) is 59.6 Å². The first-order valence-corrected chi connectivity index (χ1v) is 9.43. The summed E-state index contributed by atoms with van der Waals surface area (Å²) in [5.41, 5.74) is 2.69. The number of fused-ring (bicyclic) bond motifs is 1. The van der Waals surface area contributed by atoms with Gasteiger partial charge in [-0.2, -0.15) is 0 Å². The quantitative estimate of drug-likeness (QED) is 0.694. The first-order valence-electron chi connectivity index (χ1n) is 7.99. The van der Waals surface area contributed by atoms with Crippen molar-refractivity contribution in [2.75, 3.05) is 6.61 Å². The largest absolute Gasteiger partial charge is 0.374 e. The summed E-state index contributed by atoms with van der Waals surface area (Å²) in [5.74, 6) is 0. The molecular formula is C19H21NO3S. The molecule has 4 nitrogen and oxygen atoms in total. The molecule has 0 N–H and O–H groups in total. The number of aryl methyl sites for hydroxylation is 1. The first kappa shape index (κ1) is 16.7. The summed E-state index contributed by atoms with van der Waals surface area (Å²) in [6, 6.07) is 14.4. The molecular weight excluding hydrogens is 322 g/mol. The lowest BCUT2D eigenvalue weighted by Crippen LogP contribution is -2.11. The second-order valence-corrected chi connectivity index (χ2v) is 7.62. The number of benzene rings is 2. The predicted octanol–water partition coefficient (Wildman–Crippen LogP) is 4.28. The van der Waals surface area contributed by atoms with E-state index < -0.39 is 10.0 Å². The topological polar surface area (TPSA) is 48.3 Å². The van der Waals surface area contributed by atoms with Crippen LogP contribution in [0.1, 0.15) is 31.1 Å². The Bertz CT molecular complexity index is 956. The van der Waals surface area contributed by atoms with Crippen molar-refractivity contribution in [3.05, 3.63) is 65.9 Å². The van der Waals surface area contributed by atoms with Gasteiger partial charge in [-0.05, 0) is 50.6 Å². The highest BCUT2D eigenvalue weighted by atomic mass is 32.2. The maximum absolute atomic E-state index is 13.0. The zero-order chi connectivity index (χ0) is 17.3. The highest BCUT2D eigenvalue weighted by Crippen LogP contribution is 2.29. The maximum atomic E-state index is 13.0. The Morgan fingerprint density at radius 2 is 1.79 bits per heavy atom. The number of ether oxygens (including phenoxy) is 1. The van der Waals surface area contributed by atoms with Crippen LogP contribution in [0.25, 0.3) is 10.9 Å². The van der Waals surface area contributed by atoms with Crippen LogP contribution in [0.2, 0.25) is 0 Å². The number of aromatic nitrogens is 1. The van der Waals surface area contributed by atoms with E-state index in [1.54, 1.807) is 30.5 Å². The Balaban J connectivity index is 2.14. The molecule has 1 atom stereocenters. The van der Waals surface area contributed by atoms with E-state index in [0.717, 1.165) is 16.5 Å². The van der Waals surface area contributed by atoms with E-state index in [2.05, 4.69) is 0 Å². The van der Waals surface area contributed by atoms with E-state index in [1.807, 2.05) is 45.0 Å². The molecule has 0 radical (unpaired) electrons. The van der Waals surface area contributed by atoms with Crippen molar-refractivity contribution in [3.8, 4) is 0 Å². The van der Waals surface area contributed by atoms with E-state index in [9.17, 15) is 8.42 Å².